The molecule has 30 heavy (non-hydrogen) atoms. The Morgan fingerprint density at radius 2 is 2.00 bits per heavy atom. The number of ether oxygens (including phenoxy) is 3. The average molecular weight is 411 g/mol. The van der Waals surface area contributed by atoms with Crippen molar-refractivity contribution in [2.75, 3.05) is 13.7 Å². The minimum Gasteiger partial charge on any atom is -0.497 e. The molecule has 2 saturated carbocycles. The molecule has 0 spiro atoms. The van der Waals surface area contributed by atoms with Crippen LogP contribution in [0.15, 0.2) is 30.4 Å². The Hall–Kier alpha value is -1.32. The number of fused-ring (bicyclic) bond motifs is 5. The highest BCUT2D eigenvalue weighted by Gasteiger charge is 2.61. The molecule has 3 nitrogen and oxygen atoms in total. The highest BCUT2D eigenvalue weighted by Crippen LogP contribution is 2.68. The molecule has 3 heteroatoms. The lowest BCUT2D eigenvalue weighted by Gasteiger charge is -2.57. The molecular formula is C27H38O3. The summed E-state index contributed by atoms with van der Waals surface area (Å²) in [6.45, 7) is 5.60. The average Bonchev–Trinajstić information content (AvgIpc) is 3.11. The molecule has 0 N–H and O–H groups in total. The van der Waals surface area contributed by atoms with Crippen LogP contribution in [0.1, 0.15) is 82.3 Å². The van der Waals surface area contributed by atoms with E-state index in [1.807, 2.05) is 0 Å². The standard InChI is InChI=1S/C27H38O3/c1-4-14-27-16-12-19-18-20(28-3)8-9-21(19)22(27)13-15-26(2)23(27)10-11-24(26)30-25-7-5-6-17-29-25/h4,8-9,14,18,22-25H,5-7,10-13,15-17H2,1-3H3/b14-4+/t22-,23-,24+,25?,26+,27-/m1/s1. The third-order valence-electron chi connectivity index (χ3n) is 9.00. The van der Waals surface area contributed by atoms with Crippen molar-refractivity contribution in [3.63, 3.8) is 0 Å². The summed E-state index contributed by atoms with van der Waals surface area (Å²) in [5.74, 6) is 2.30. The second kappa shape index (κ2) is 7.98. The number of hydrogen-bond acceptors (Lipinski definition) is 3. The number of hydrogen-bond donors (Lipinski definition) is 0. The maximum absolute atomic E-state index is 6.66. The maximum atomic E-state index is 6.66. The zero-order valence-corrected chi connectivity index (χ0v) is 19.0. The van der Waals surface area contributed by atoms with Crippen molar-refractivity contribution in [1.29, 1.82) is 0 Å². The van der Waals surface area contributed by atoms with Crippen molar-refractivity contribution in [3.8, 4) is 5.75 Å². The van der Waals surface area contributed by atoms with Gasteiger partial charge in [0.2, 0.25) is 0 Å². The van der Waals surface area contributed by atoms with Crippen molar-refractivity contribution < 1.29 is 14.2 Å². The molecule has 1 aromatic rings. The van der Waals surface area contributed by atoms with E-state index in [1.54, 1.807) is 12.7 Å². The van der Waals surface area contributed by atoms with E-state index in [4.69, 9.17) is 14.2 Å². The second-order valence-electron chi connectivity index (χ2n) is 10.3. The normalized spacial score (nSPS) is 40.6. The first-order valence-electron chi connectivity index (χ1n) is 12.2. The molecule has 1 aliphatic heterocycles. The van der Waals surface area contributed by atoms with Gasteiger partial charge in [0.15, 0.2) is 6.29 Å². The van der Waals surface area contributed by atoms with Gasteiger partial charge in [-0.2, -0.15) is 0 Å². The quantitative estimate of drug-likeness (QED) is 0.537. The van der Waals surface area contributed by atoms with Crippen LogP contribution in [0, 0.1) is 16.7 Å². The first-order chi connectivity index (χ1) is 14.6. The fourth-order valence-electron chi connectivity index (χ4n) is 7.65. The summed E-state index contributed by atoms with van der Waals surface area (Å²) in [5.41, 5.74) is 3.59. The van der Waals surface area contributed by atoms with Gasteiger partial charge in [-0.1, -0.05) is 25.1 Å². The van der Waals surface area contributed by atoms with Crippen LogP contribution < -0.4 is 4.74 Å². The van der Waals surface area contributed by atoms with Gasteiger partial charge in [-0.05, 0) is 111 Å². The molecule has 164 valence electrons. The third-order valence-corrected chi connectivity index (χ3v) is 9.00. The van der Waals surface area contributed by atoms with Gasteiger partial charge in [0.1, 0.15) is 5.75 Å². The molecule has 1 saturated heterocycles. The van der Waals surface area contributed by atoms with Crippen LogP contribution in [0.5, 0.6) is 5.75 Å². The van der Waals surface area contributed by atoms with Crippen LogP contribution in [0.2, 0.25) is 0 Å². The first kappa shape index (κ1) is 20.6. The topological polar surface area (TPSA) is 27.7 Å². The van der Waals surface area contributed by atoms with Crippen molar-refractivity contribution in [2.45, 2.75) is 89.9 Å². The lowest BCUT2D eigenvalue weighted by atomic mass is 9.47. The summed E-state index contributed by atoms with van der Waals surface area (Å²) in [4.78, 5) is 0. The van der Waals surface area contributed by atoms with E-state index in [9.17, 15) is 0 Å². The van der Waals surface area contributed by atoms with Crippen molar-refractivity contribution in [2.24, 2.45) is 16.7 Å². The summed E-state index contributed by atoms with van der Waals surface area (Å²) >= 11 is 0. The molecule has 3 fully saturated rings. The Bertz CT molecular complexity index is 795. The monoisotopic (exact) mass is 410 g/mol. The number of benzene rings is 1. The summed E-state index contributed by atoms with van der Waals surface area (Å²) in [6.07, 6.45) is 16.1. The highest BCUT2D eigenvalue weighted by molar-refractivity contribution is 5.43. The Morgan fingerprint density at radius 3 is 2.77 bits per heavy atom. The summed E-state index contributed by atoms with van der Waals surface area (Å²) in [5, 5.41) is 0. The molecule has 0 amide bonds. The van der Waals surface area contributed by atoms with Gasteiger partial charge in [-0.15, -0.1) is 0 Å². The zero-order chi connectivity index (χ0) is 20.8. The van der Waals surface area contributed by atoms with Crippen LogP contribution in [0.3, 0.4) is 0 Å². The van der Waals surface area contributed by atoms with E-state index in [-0.39, 0.29) is 17.1 Å². The molecule has 0 bridgehead atoms. The predicted molar refractivity (Wildman–Crippen MR) is 120 cm³/mol. The predicted octanol–water partition coefficient (Wildman–Crippen LogP) is 6.41. The van der Waals surface area contributed by atoms with Gasteiger partial charge in [0, 0.05) is 6.61 Å². The van der Waals surface area contributed by atoms with Gasteiger partial charge in [-0.3, -0.25) is 0 Å². The fourth-order valence-corrected chi connectivity index (χ4v) is 7.65. The molecule has 3 aliphatic carbocycles. The van der Waals surface area contributed by atoms with Gasteiger partial charge < -0.3 is 14.2 Å². The van der Waals surface area contributed by atoms with E-state index < -0.39 is 0 Å². The van der Waals surface area contributed by atoms with Gasteiger partial charge in [0.25, 0.3) is 0 Å². The third kappa shape index (κ3) is 3.15. The Labute approximate surface area is 182 Å². The van der Waals surface area contributed by atoms with Crippen LogP contribution in [0.25, 0.3) is 0 Å². The lowest BCUT2D eigenvalue weighted by Crippen LogP contribution is -2.51. The number of allylic oxidation sites excluding steroid dienone is 2. The fraction of sp³-hybridized carbons (Fsp3) is 0.704. The van der Waals surface area contributed by atoms with E-state index in [2.05, 4.69) is 44.2 Å². The molecule has 1 heterocycles. The van der Waals surface area contributed by atoms with E-state index in [0.29, 0.717) is 17.9 Å². The van der Waals surface area contributed by atoms with Gasteiger partial charge >= 0.3 is 0 Å². The lowest BCUT2D eigenvalue weighted by molar-refractivity contribution is -0.215. The van der Waals surface area contributed by atoms with Crippen LogP contribution in [-0.4, -0.2) is 26.1 Å². The molecule has 6 atom stereocenters. The summed E-state index contributed by atoms with van der Waals surface area (Å²) < 4.78 is 18.1. The summed E-state index contributed by atoms with van der Waals surface area (Å²) in [6, 6.07) is 6.81. The molecule has 0 radical (unpaired) electrons. The van der Waals surface area contributed by atoms with Gasteiger partial charge in [0.05, 0.1) is 13.2 Å². The van der Waals surface area contributed by atoms with Crippen LogP contribution in [0.4, 0.5) is 0 Å². The Morgan fingerprint density at radius 1 is 1.10 bits per heavy atom. The Balaban J connectivity index is 1.46. The second-order valence-corrected chi connectivity index (χ2v) is 10.3. The van der Waals surface area contributed by atoms with Crippen LogP contribution >= 0.6 is 0 Å². The number of rotatable bonds is 4. The van der Waals surface area contributed by atoms with Crippen molar-refractivity contribution >= 4 is 0 Å². The van der Waals surface area contributed by atoms with E-state index in [1.165, 1.54) is 50.5 Å². The summed E-state index contributed by atoms with van der Waals surface area (Å²) in [7, 11) is 1.77. The zero-order valence-electron chi connectivity index (χ0n) is 19.0. The minimum atomic E-state index is 0.0225. The van der Waals surface area contributed by atoms with E-state index >= 15 is 0 Å². The SMILES string of the molecule is C/C=C/[C@@]12CCc3cc(OC)ccc3[C@H]1CC[C@]1(C)[C@@H](OC3CCCCO3)CC[C@H]12. The molecule has 4 aliphatic rings. The Kier molecular flexibility index (Phi) is 5.48. The molecule has 1 aromatic carbocycles. The smallest absolute Gasteiger partial charge is 0.157 e. The highest BCUT2D eigenvalue weighted by atomic mass is 16.7. The molecular weight excluding hydrogens is 372 g/mol. The maximum Gasteiger partial charge on any atom is 0.157 e. The molecule has 0 aromatic heterocycles. The number of aryl methyl sites for hydroxylation is 1. The largest absolute Gasteiger partial charge is 0.497 e. The molecule has 1 unspecified atom stereocenters. The van der Waals surface area contributed by atoms with E-state index in [0.717, 1.165) is 25.2 Å². The minimum absolute atomic E-state index is 0.0225. The number of methoxy groups -OCH3 is 1. The van der Waals surface area contributed by atoms with Crippen molar-refractivity contribution in [3.05, 3.63) is 41.5 Å². The van der Waals surface area contributed by atoms with Crippen LogP contribution in [-0.2, 0) is 15.9 Å². The van der Waals surface area contributed by atoms with Gasteiger partial charge in [-0.25, -0.2) is 0 Å². The van der Waals surface area contributed by atoms with Crippen molar-refractivity contribution in [1.82, 2.24) is 0 Å². The first-order valence-corrected chi connectivity index (χ1v) is 12.2. The molecule has 5 rings (SSSR count).